The molecule has 1 fully saturated rings. The van der Waals surface area contributed by atoms with Crippen LogP contribution in [0.3, 0.4) is 0 Å². The van der Waals surface area contributed by atoms with Crippen molar-refractivity contribution >= 4 is 17.3 Å². The van der Waals surface area contributed by atoms with Crippen LogP contribution in [0.4, 0.5) is 0 Å². The van der Waals surface area contributed by atoms with Crippen LogP contribution in [-0.4, -0.2) is 61.8 Å². The van der Waals surface area contributed by atoms with Gasteiger partial charge in [-0.1, -0.05) is 20.8 Å². The van der Waals surface area contributed by atoms with Crippen molar-refractivity contribution in [3.05, 3.63) is 16.1 Å². The van der Waals surface area contributed by atoms with Gasteiger partial charge < -0.3 is 15.8 Å². The van der Waals surface area contributed by atoms with E-state index in [0.29, 0.717) is 5.96 Å². The van der Waals surface area contributed by atoms with E-state index in [1.807, 2.05) is 0 Å². The molecule has 0 spiro atoms. The molecule has 0 atom stereocenters. The molecule has 0 radical (unpaired) electrons. The molecule has 0 unspecified atom stereocenters. The lowest BCUT2D eigenvalue weighted by atomic mass is 9.93. The number of ether oxygens (including phenoxy) is 1. The number of morpholine rings is 1. The monoisotopic (exact) mass is 353 g/mol. The average Bonchev–Trinajstić information content (AvgIpc) is 3.02. The Kier molecular flexibility index (Phi) is 7.45. The molecule has 1 aliphatic heterocycles. The van der Waals surface area contributed by atoms with E-state index in [1.54, 1.807) is 11.3 Å². The minimum absolute atomic E-state index is 0.114. The highest BCUT2D eigenvalue weighted by atomic mass is 32.1. The average molecular weight is 354 g/mol. The normalized spacial score (nSPS) is 17.2. The van der Waals surface area contributed by atoms with E-state index in [1.165, 1.54) is 0 Å². The van der Waals surface area contributed by atoms with E-state index in [9.17, 15) is 0 Å². The van der Waals surface area contributed by atoms with Gasteiger partial charge in [0, 0.05) is 49.9 Å². The van der Waals surface area contributed by atoms with Crippen molar-refractivity contribution in [3.8, 4) is 0 Å². The minimum Gasteiger partial charge on any atom is -0.379 e. The van der Waals surface area contributed by atoms with Gasteiger partial charge in [0.05, 0.1) is 23.9 Å². The smallest absolute Gasteiger partial charge is 0.188 e. The summed E-state index contributed by atoms with van der Waals surface area (Å²) in [5.74, 6) is 0.532. The van der Waals surface area contributed by atoms with Crippen molar-refractivity contribution in [3.63, 3.8) is 0 Å². The first-order chi connectivity index (χ1) is 11.4. The first-order valence-corrected chi connectivity index (χ1v) is 9.62. The number of hydrogen-bond donors (Lipinski definition) is 2. The second-order valence-electron chi connectivity index (χ2n) is 7.13. The van der Waals surface area contributed by atoms with E-state index in [2.05, 4.69) is 46.3 Å². The third-order valence-electron chi connectivity index (χ3n) is 3.98. The number of nitrogens with zero attached hydrogens (tertiary/aromatic N) is 3. The zero-order chi connectivity index (χ0) is 17.4. The molecule has 1 aromatic heterocycles. The highest BCUT2D eigenvalue weighted by Crippen LogP contribution is 2.23. The van der Waals surface area contributed by atoms with Crippen molar-refractivity contribution in [2.75, 3.05) is 45.9 Å². The van der Waals surface area contributed by atoms with Crippen LogP contribution in [0.2, 0.25) is 0 Å². The topological polar surface area (TPSA) is 75.8 Å². The van der Waals surface area contributed by atoms with Gasteiger partial charge in [-0.05, 0) is 6.42 Å². The summed E-state index contributed by atoms with van der Waals surface area (Å²) < 4.78 is 5.34. The van der Waals surface area contributed by atoms with Gasteiger partial charge in [-0.15, -0.1) is 11.3 Å². The number of aromatic nitrogens is 1. The van der Waals surface area contributed by atoms with E-state index >= 15 is 0 Å². The molecule has 6 nitrogen and oxygen atoms in total. The van der Waals surface area contributed by atoms with Gasteiger partial charge in [0.15, 0.2) is 5.96 Å². The zero-order valence-corrected chi connectivity index (χ0v) is 16.0. The first-order valence-electron chi connectivity index (χ1n) is 8.74. The lowest BCUT2D eigenvalue weighted by Gasteiger charge is -2.26. The van der Waals surface area contributed by atoms with Gasteiger partial charge >= 0.3 is 0 Å². The van der Waals surface area contributed by atoms with Crippen LogP contribution in [0.15, 0.2) is 10.4 Å². The van der Waals surface area contributed by atoms with E-state index < -0.39 is 0 Å². The molecular weight excluding hydrogens is 322 g/mol. The summed E-state index contributed by atoms with van der Waals surface area (Å²) >= 11 is 1.72. The van der Waals surface area contributed by atoms with Crippen LogP contribution in [0, 0.1) is 0 Å². The fourth-order valence-electron chi connectivity index (χ4n) is 2.44. The molecule has 1 aromatic rings. The maximum absolute atomic E-state index is 5.92. The number of rotatable bonds is 7. The zero-order valence-electron chi connectivity index (χ0n) is 15.2. The summed E-state index contributed by atoms with van der Waals surface area (Å²) in [4.78, 5) is 11.5. The predicted molar refractivity (Wildman–Crippen MR) is 101 cm³/mol. The lowest BCUT2D eigenvalue weighted by molar-refractivity contribution is 0.0377. The second kappa shape index (κ2) is 9.34. The largest absolute Gasteiger partial charge is 0.379 e. The molecule has 0 bridgehead atoms. The Morgan fingerprint density at radius 1 is 1.42 bits per heavy atom. The summed E-state index contributed by atoms with van der Waals surface area (Å²) in [6.07, 6.45) is 1.91. The Balaban J connectivity index is 1.60. The molecule has 0 saturated carbocycles. The van der Waals surface area contributed by atoms with Crippen molar-refractivity contribution in [1.29, 1.82) is 0 Å². The Morgan fingerprint density at radius 2 is 2.17 bits per heavy atom. The molecule has 1 saturated heterocycles. The van der Waals surface area contributed by atoms with Crippen LogP contribution < -0.4 is 11.1 Å². The molecule has 2 rings (SSSR count). The third kappa shape index (κ3) is 6.75. The molecule has 1 aliphatic rings. The number of thiazole rings is 1. The predicted octanol–water partition coefficient (Wildman–Crippen LogP) is 1.61. The molecule has 7 heteroatoms. The Labute approximate surface area is 149 Å². The molecule has 0 aromatic carbocycles. The fraction of sp³-hybridized carbons (Fsp3) is 0.765. The number of nitrogens with one attached hydrogen (secondary N) is 1. The molecule has 24 heavy (non-hydrogen) atoms. The summed E-state index contributed by atoms with van der Waals surface area (Å²) in [6.45, 7) is 12.9. The standard InChI is InChI=1S/C17H31N5OS/c1-17(2,3)14-13-24-15(21-14)5-7-20-16(18)19-6-4-8-22-9-11-23-12-10-22/h13H,4-12H2,1-3H3,(H3,18,19,20). The van der Waals surface area contributed by atoms with Crippen molar-refractivity contribution in [2.24, 2.45) is 10.7 Å². The van der Waals surface area contributed by atoms with E-state index in [0.717, 1.165) is 69.5 Å². The van der Waals surface area contributed by atoms with Crippen LogP contribution in [0.25, 0.3) is 0 Å². The van der Waals surface area contributed by atoms with Gasteiger partial charge in [0.1, 0.15) is 0 Å². The maximum atomic E-state index is 5.92. The number of guanidine groups is 1. The van der Waals surface area contributed by atoms with E-state index in [4.69, 9.17) is 10.5 Å². The van der Waals surface area contributed by atoms with Gasteiger partial charge in [-0.3, -0.25) is 9.89 Å². The number of aliphatic imine (C=N–C) groups is 1. The highest BCUT2D eigenvalue weighted by molar-refractivity contribution is 7.09. The van der Waals surface area contributed by atoms with Crippen molar-refractivity contribution < 1.29 is 4.74 Å². The van der Waals surface area contributed by atoms with Gasteiger partial charge in [0.25, 0.3) is 0 Å². The molecule has 2 heterocycles. The van der Waals surface area contributed by atoms with Gasteiger partial charge in [-0.25, -0.2) is 4.98 Å². The molecule has 136 valence electrons. The summed E-state index contributed by atoms with van der Waals surface area (Å²) in [6, 6.07) is 0. The maximum Gasteiger partial charge on any atom is 0.188 e. The third-order valence-corrected chi connectivity index (χ3v) is 4.89. The summed E-state index contributed by atoms with van der Waals surface area (Å²) in [5.41, 5.74) is 7.19. The van der Waals surface area contributed by atoms with E-state index in [-0.39, 0.29) is 5.41 Å². The van der Waals surface area contributed by atoms with Crippen LogP contribution in [0.1, 0.15) is 37.9 Å². The molecule has 0 amide bonds. The molecule has 0 aliphatic carbocycles. The van der Waals surface area contributed by atoms with Crippen molar-refractivity contribution in [1.82, 2.24) is 15.2 Å². The van der Waals surface area contributed by atoms with Crippen LogP contribution in [-0.2, 0) is 16.6 Å². The highest BCUT2D eigenvalue weighted by Gasteiger charge is 2.17. The second-order valence-corrected chi connectivity index (χ2v) is 8.07. The minimum atomic E-state index is 0.114. The quantitative estimate of drug-likeness (QED) is 0.442. The number of nitrogens with two attached hydrogens (primary N) is 1. The van der Waals surface area contributed by atoms with Gasteiger partial charge in [0.2, 0.25) is 0 Å². The van der Waals surface area contributed by atoms with Crippen LogP contribution >= 0.6 is 11.3 Å². The summed E-state index contributed by atoms with van der Waals surface area (Å²) in [5, 5.41) is 6.48. The number of hydrogen-bond acceptors (Lipinski definition) is 5. The Hall–Kier alpha value is -1.18. The van der Waals surface area contributed by atoms with Gasteiger partial charge in [-0.2, -0.15) is 0 Å². The first kappa shape index (κ1) is 19.1. The lowest BCUT2D eigenvalue weighted by Crippen LogP contribution is -2.37. The molecular formula is C17H31N5OS. The Bertz CT molecular complexity index is 517. The fourth-order valence-corrected chi connectivity index (χ4v) is 3.47. The van der Waals surface area contributed by atoms with Crippen molar-refractivity contribution in [2.45, 2.75) is 39.0 Å². The Morgan fingerprint density at radius 3 is 2.83 bits per heavy atom. The van der Waals surface area contributed by atoms with Crippen LogP contribution in [0.5, 0.6) is 0 Å². The molecule has 3 N–H and O–H groups in total. The summed E-state index contributed by atoms with van der Waals surface area (Å²) in [7, 11) is 0. The SMILES string of the molecule is CC(C)(C)c1csc(CCNC(N)=NCCCN2CCOCC2)n1.